The smallest absolute Gasteiger partial charge is 0.138 e. The van der Waals surface area contributed by atoms with Crippen molar-refractivity contribution >= 4 is 0 Å². The van der Waals surface area contributed by atoms with Gasteiger partial charge in [-0.3, -0.25) is 9.47 Å². The van der Waals surface area contributed by atoms with E-state index in [1.165, 1.54) is 12.0 Å². The molecule has 1 fully saturated rings. The topological polar surface area (TPSA) is 47.1 Å². The Hall–Kier alpha value is -2.40. The van der Waals surface area contributed by atoms with Gasteiger partial charge in [-0.2, -0.15) is 0 Å². The van der Waals surface area contributed by atoms with Crippen LogP contribution in [0.4, 0.5) is 0 Å². The molecule has 1 atom stereocenters. The molecule has 0 unspecified atom stereocenters. The Morgan fingerprint density at radius 3 is 3.00 bits per heavy atom. The zero-order valence-corrected chi connectivity index (χ0v) is 14.8. The van der Waals surface area contributed by atoms with Gasteiger partial charge in [-0.05, 0) is 37.6 Å². The highest BCUT2D eigenvalue weighted by atomic mass is 16.3. The average molecular weight is 336 g/mol. The number of aromatic nitrogens is 3. The molecular formula is C20H24N4O. The standard InChI is InChI=1S/C20H24N4O/c1-15(2)20-21-9-11-24(20)19-7-3-5-17(22-19)18-6-4-10-23(18)13-16-8-12-25-14-16/h3,5,7-9,11-12,14-15,18H,4,6,10,13H2,1-2H3/t18-/m0/s1. The minimum atomic E-state index is 0.362. The minimum Gasteiger partial charge on any atom is -0.472 e. The molecule has 3 aromatic rings. The lowest BCUT2D eigenvalue weighted by molar-refractivity contribution is 0.243. The number of nitrogens with zero attached hydrogens (tertiary/aromatic N) is 4. The zero-order valence-electron chi connectivity index (χ0n) is 14.8. The third-order valence-corrected chi connectivity index (χ3v) is 4.86. The molecular weight excluding hydrogens is 312 g/mol. The number of hydrogen-bond donors (Lipinski definition) is 0. The van der Waals surface area contributed by atoms with Gasteiger partial charge < -0.3 is 4.42 Å². The van der Waals surface area contributed by atoms with E-state index in [1.807, 2.05) is 24.7 Å². The Kier molecular flexibility index (Phi) is 4.40. The molecule has 0 radical (unpaired) electrons. The molecule has 1 aliphatic rings. The van der Waals surface area contributed by atoms with Crippen LogP contribution in [0.15, 0.2) is 53.6 Å². The van der Waals surface area contributed by atoms with E-state index in [0.29, 0.717) is 12.0 Å². The van der Waals surface area contributed by atoms with Crippen molar-refractivity contribution in [2.75, 3.05) is 6.54 Å². The summed E-state index contributed by atoms with van der Waals surface area (Å²) in [4.78, 5) is 12.0. The molecule has 4 rings (SSSR count). The van der Waals surface area contributed by atoms with Crippen LogP contribution < -0.4 is 0 Å². The first kappa shape index (κ1) is 16.1. The first-order valence-corrected chi connectivity index (χ1v) is 8.98. The van der Waals surface area contributed by atoms with Crippen LogP contribution in [0.2, 0.25) is 0 Å². The molecule has 1 saturated heterocycles. The summed E-state index contributed by atoms with van der Waals surface area (Å²) in [5.74, 6) is 2.37. The lowest BCUT2D eigenvalue weighted by Gasteiger charge is -2.24. The lowest BCUT2D eigenvalue weighted by atomic mass is 10.1. The van der Waals surface area contributed by atoms with E-state index >= 15 is 0 Å². The van der Waals surface area contributed by atoms with Crippen molar-refractivity contribution in [2.45, 2.75) is 45.2 Å². The summed E-state index contributed by atoms with van der Waals surface area (Å²) in [6.07, 6.45) is 9.78. The van der Waals surface area contributed by atoms with Crippen molar-refractivity contribution in [2.24, 2.45) is 0 Å². The van der Waals surface area contributed by atoms with Gasteiger partial charge in [-0.1, -0.05) is 19.9 Å². The van der Waals surface area contributed by atoms with E-state index in [4.69, 9.17) is 9.40 Å². The fourth-order valence-corrected chi connectivity index (χ4v) is 3.66. The summed E-state index contributed by atoms with van der Waals surface area (Å²) in [6.45, 7) is 6.33. The molecule has 0 amide bonds. The summed E-state index contributed by atoms with van der Waals surface area (Å²) in [5, 5.41) is 0. The summed E-state index contributed by atoms with van der Waals surface area (Å²) < 4.78 is 7.32. The number of pyridine rings is 1. The summed E-state index contributed by atoms with van der Waals surface area (Å²) in [7, 11) is 0. The highest BCUT2D eigenvalue weighted by Gasteiger charge is 2.27. The maximum atomic E-state index is 5.22. The van der Waals surface area contributed by atoms with E-state index < -0.39 is 0 Å². The molecule has 0 saturated carbocycles. The monoisotopic (exact) mass is 336 g/mol. The van der Waals surface area contributed by atoms with Crippen LogP contribution in [0.5, 0.6) is 0 Å². The third-order valence-electron chi connectivity index (χ3n) is 4.86. The van der Waals surface area contributed by atoms with Crippen molar-refractivity contribution in [3.8, 4) is 5.82 Å². The Morgan fingerprint density at radius 2 is 2.20 bits per heavy atom. The Labute approximate surface area is 148 Å². The predicted molar refractivity (Wildman–Crippen MR) is 96.5 cm³/mol. The van der Waals surface area contributed by atoms with Crippen LogP contribution in [0.1, 0.15) is 55.7 Å². The number of furan rings is 1. The predicted octanol–water partition coefficient (Wildman–Crippen LogP) is 4.32. The van der Waals surface area contributed by atoms with Gasteiger partial charge >= 0.3 is 0 Å². The highest BCUT2D eigenvalue weighted by Crippen LogP contribution is 2.32. The quantitative estimate of drug-likeness (QED) is 0.696. The molecule has 0 bridgehead atoms. The van der Waals surface area contributed by atoms with Gasteiger partial charge in [0.2, 0.25) is 0 Å². The molecule has 3 aromatic heterocycles. The fourth-order valence-electron chi connectivity index (χ4n) is 3.66. The summed E-state index contributed by atoms with van der Waals surface area (Å²) in [6, 6.07) is 8.72. The first-order valence-electron chi connectivity index (χ1n) is 8.98. The van der Waals surface area contributed by atoms with E-state index in [2.05, 4.69) is 46.5 Å². The van der Waals surface area contributed by atoms with Gasteiger partial charge in [0.15, 0.2) is 0 Å². The van der Waals surface area contributed by atoms with E-state index in [0.717, 1.165) is 36.8 Å². The molecule has 0 aliphatic carbocycles. The number of likely N-dealkylation sites (tertiary alicyclic amines) is 1. The number of imidazole rings is 1. The number of hydrogen-bond acceptors (Lipinski definition) is 4. The highest BCUT2D eigenvalue weighted by molar-refractivity contribution is 5.29. The maximum absolute atomic E-state index is 5.22. The molecule has 130 valence electrons. The summed E-state index contributed by atoms with van der Waals surface area (Å²) >= 11 is 0. The normalized spacial score (nSPS) is 18.3. The molecule has 0 aromatic carbocycles. The zero-order chi connectivity index (χ0) is 17.2. The van der Waals surface area contributed by atoms with Gasteiger partial charge in [-0.25, -0.2) is 9.97 Å². The Balaban J connectivity index is 1.61. The van der Waals surface area contributed by atoms with Gasteiger partial charge in [0.25, 0.3) is 0 Å². The van der Waals surface area contributed by atoms with Gasteiger partial charge in [0, 0.05) is 30.4 Å². The van der Waals surface area contributed by atoms with Crippen LogP contribution in [0, 0.1) is 0 Å². The van der Waals surface area contributed by atoms with Crippen LogP contribution in [0.25, 0.3) is 5.82 Å². The third kappa shape index (κ3) is 3.24. The number of rotatable bonds is 5. The molecule has 0 spiro atoms. The van der Waals surface area contributed by atoms with Crippen LogP contribution in [0.3, 0.4) is 0 Å². The van der Waals surface area contributed by atoms with Crippen molar-refractivity contribution in [3.63, 3.8) is 0 Å². The molecule has 5 nitrogen and oxygen atoms in total. The largest absolute Gasteiger partial charge is 0.472 e. The molecule has 5 heteroatoms. The second kappa shape index (κ2) is 6.84. The fraction of sp³-hybridized carbons (Fsp3) is 0.400. The van der Waals surface area contributed by atoms with E-state index in [-0.39, 0.29) is 0 Å². The molecule has 0 N–H and O–H groups in total. The SMILES string of the molecule is CC(C)c1nccn1-c1cccc([C@@H]2CCCN2Cc2ccoc2)n1. The van der Waals surface area contributed by atoms with Crippen molar-refractivity contribution in [1.29, 1.82) is 0 Å². The van der Waals surface area contributed by atoms with Crippen molar-refractivity contribution in [1.82, 2.24) is 19.4 Å². The Morgan fingerprint density at radius 1 is 1.28 bits per heavy atom. The average Bonchev–Trinajstić information content (AvgIpc) is 3.37. The van der Waals surface area contributed by atoms with Crippen LogP contribution in [-0.4, -0.2) is 26.0 Å². The molecule has 1 aliphatic heterocycles. The second-order valence-corrected chi connectivity index (χ2v) is 6.99. The van der Waals surface area contributed by atoms with Gasteiger partial charge in [-0.15, -0.1) is 0 Å². The van der Waals surface area contributed by atoms with Gasteiger partial charge in [0.05, 0.1) is 24.3 Å². The van der Waals surface area contributed by atoms with Gasteiger partial charge in [0.1, 0.15) is 11.6 Å². The Bertz CT molecular complexity index is 822. The van der Waals surface area contributed by atoms with Crippen molar-refractivity contribution < 1.29 is 4.42 Å². The molecule has 25 heavy (non-hydrogen) atoms. The summed E-state index contributed by atoms with van der Waals surface area (Å²) in [5.41, 5.74) is 2.36. The minimum absolute atomic E-state index is 0.362. The molecule has 4 heterocycles. The first-order chi connectivity index (χ1) is 12.2. The second-order valence-electron chi connectivity index (χ2n) is 6.99. The van der Waals surface area contributed by atoms with Crippen LogP contribution >= 0.6 is 0 Å². The lowest BCUT2D eigenvalue weighted by Crippen LogP contribution is -2.23. The van der Waals surface area contributed by atoms with Crippen molar-refractivity contribution in [3.05, 3.63) is 66.3 Å². The van der Waals surface area contributed by atoms with E-state index in [1.54, 1.807) is 6.26 Å². The maximum Gasteiger partial charge on any atom is 0.138 e. The van der Waals surface area contributed by atoms with E-state index in [9.17, 15) is 0 Å². The van der Waals surface area contributed by atoms with Crippen LogP contribution in [-0.2, 0) is 6.54 Å².